The van der Waals surface area contributed by atoms with Gasteiger partial charge in [0.15, 0.2) is 15.9 Å². The fourth-order valence-electron chi connectivity index (χ4n) is 3.38. The molecule has 182 valence electrons. The summed E-state index contributed by atoms with van der Waals surface area (Å²) in [5.74, 6) is -0.621. The highest BCUT2D eigenvalue weighted by molar-refractivity contribution is 7.91. The van der Waals surface area contributed by atoms with Crippen LogP contribution in [0.15, 0.2) is 113 Å². The maximum absolute atomic E-state index is 13.1. The van der Waals surface area contributed by atoms with Gasteiger partial charge in [0.25, 0.3) is 0 Å². The number of sulfone groups is 1. The Hall–Kier alpha value is -3.51. The van der Waals surface area contributed by atoms with Crippen LogP contribution in [0.1, 0.15) is 38.3 Å². The van der Waals surface area contributed by atoms with E-state index < -0.39 is 27.4 Å². The molecule has 0 N–H and O–H groups in total. The lowest BCUT2D eigenvalue weighted by Crippen LogP contribution is -2.31. The van der Waals surface area contributed by atoms with Crippen LogP contribution in [0.3, 0.4) is 0 Å². The fraction of sp³-hybridized carbons (Fsp3) is 0.241. The van der Waals surface area contributed by atoms with Crippen molar-refractivity contribution in [3.05, 3.63) is 114 Å². The Kier molecular flexibility index (Phi) is 8.77. The van der Waals surface area contributed by atoms with Gasteiger partial charge >= 0.3 is 5.97 Å². The summed E-state index contributed by atoms with van der Waals surface area (Å²) in [4.78, 5) is 18.2. The number of aliphatic imine (C=N–C) groups is 1. The summed E-state index contributed by atoms with van der Waals surface area (Å²) in [6.45, 7) is 5.43. The molecule has 0 heterocycles. The average Bonchev–Trinajstić information content (AvgIpc) is 2.84. The standard InChI is InChI=1S/C29H31NO4S/c1-29(2,3)34-28(31)26(21-13-14-22-35(32,33)25-19-11-6-12-20-25)30-27(23-15-7-4-8-16-23)24-17-9-5-10-18-24/h4-20,26H,21-22H2,1-3H3/b14-13+/t26-/m0/s1. The van der Waals surface area contributed by atoms with Crippen LogP contribution in [0, 0.1) is 0 Å². The minimum absolute atomic E-state index is 0.161. The van der Waals surface area contributed by atoms with E-state index in [4.69, 9.17) is 9.73 Å². The van der Waals surface area contributed by atoms with Gasteiger partial charge in [-0.15, -0.1) is 0 Å². The molecule has 3 aromatic carbocycles. The van der Waals surface area contributed by atoms with Gasteiger partial charge in [-0.1, -0.05) is 91.0 Å². The molecule has 0 amide bonds. The van der Waals surface area contributed by atoms with Gasteiger partial charge in [-0.05, 0) is 39.3 Å². The van der Waals surface area contributed by atoms with Crippen molar-refractivity contribution in [3.63, 3.8) is 0 Å². The number of carbonyl (C=O) groups is 1. The van der Waals surface area contributed by atoms with Crippen molar-refractivity contribution in [2.24, 2.45) is 4.99 Å². The van der Waals surface area contributed by atoms with Crippen molar-refractivity contribution in [2.75, 3.05) is 5.75 Å². The summed E-state index contributed by atoms with van der Waals surface area (Å²) < 4.78 is 30.8. The Balaban J connectivity index is 1.90. The highest BCUT2D eigenvalue weighted by Crippen LogP contribution is 2.17. The maximum atomic E-state index is 13.1. The summed E-state index contributed by atoms with van der Waals surface area (Å²) in [6.07, 6.45) is 3.47. The molecule has 0 saturated heterocycles. The number of esters is 1. The van der Waals surface area contributed by atoms with Crippen LogP contribution in [0.25, 0.3) is 0 Å². The molecule has 5 nitrogen and oxygen atoms in total. The highest BCUT2D eigenvalue weighted by Gasteiger charge is 2.25. The molecule has 1 atom stereocenters. The maximum Gasteiger partial charge on any atom is 0.331 e. The van der Waals surface area contributed by atoms with Gasteiger partial charge < -0.3 is 4.74 Å². The second kappa shape index (κ2) is 11.8. The van der Waals surface area contributed by atoms with E-state index in [0.717, 1.165) is 11.1 Å². The second-order valence-corrected chi connectivity index (χ2v) is 11.1. The van der Waals surface area contributed by atoms with Crippen molar-refractivity contribution < 1.29 is 17.9 Å². The third kappa shape index (κ3) is 8.04. The van der Waals surface area contributed by atoms with Gasteiger partial charge in [0.2, 0.25) is 0 Å². The highest BCUT2D eigenvalue weighted by atomic mass is 32.2. The normalized spacial score (nSPS) is 12.8. The van der Waals surface area contributed by atoms with Crippen LogP contribution >= 0.6 is 0 Å². The molecule has 6 heteroatoms. The summed E-state index contributed by atoms with van der Waals surface area (Å²) in [5.41, 5.74) is 1.75. The summed E-state index contributed by atoms with van der Waals surface area (Å²) in [7, 11) is -3.46. The largest absolute Gasteiger partial charge is 0.458 e. The van der Waals surface area contributed by atoms with Gasteiger partial charge in [-0.2, -0.15) is 0 Å². The third-order valence-corrected chi connectivity index (χ3v) is 6.62. The number of benzene rings is 3. The van der Waals surface area contributed by atoms with Crippen LogP contribution in [0.2, 0.25) is 0 Å². The Morgan fingerprint density at radius 3 is 1.80 bits per heavy atom. The van der Waals surface area contributed by atoms with Gasteiger partial charge in [-0.25, -0.2) is 13.2 Å². The molecule has 0 aromatic heterocycles. The first-order valence-corrected chi connectivity index (χ1v) is 13.2. The monoisotopic (exact) mass is 489 g/mol. The minimum Gasteiger partial charge on any atom is -0.458 e. The molecular weight excluding hydrogens is 458 g/mol. The van der Waals surface area contributed by atoms with Crippen LogP contribution < -0.4 is 0 Å². The smallest absolute Gasteiger partial charge is 0.331 e. The molecule has 35 heavy (non-hydrogen) atoms. The molecule has 0 unspecified atom stereocenters. The first kappa shape index (κ1) is 26.1. The number of ether oxygens (including phenoxy) is 1. The molecule has 3 aromatic rings. The summed E-state index contributed by atoms with van der Waals surface area (Å²) in [5, 5.41) is 0. The Labute approximate surface area is 208 Å². The zero-order valence-electron chi connectivity index (χ0n) is 20.3. The van der Waals surface area contributed by atoms with Gasteiger partial charge in [0.1, 0.15) is 5.60 Å². The topological polar surface area (TPSA) is 72.8 Å². The SMILES string of the molecule is CC(C)(C)OC(=O)[C@H](C/C=C/CS(=O)(=O)c1ccccc1)N=C(c1ccccc1)c1ccccc1. The first-order valence-electron chi connectivity index (χ1n) is 11.5. The molecule has 0 radical (unpaired) electrons. The van der Waals surface area contributed by atoms with E-state index in [1.165, 1.54) is 0 Å². The molecular formula is C29H31NO4S. The van der Waals surface area contributed by atoms with Crippen LogP contribution in [-0.4, -0.2) is 37.5 Å². The van der Waals surface area contributed by atoms with E-state index in [9.17, 15) is 13.2 Å². The molecule has 0 aliphatic heterocycles. The van der Waals surface area contributed by atoms with Gasteiger partial charge in [0, 0.05) is 11.1 Å². The minimum atomic E-state index is -3.46. The van der Waals surface area contributed by atoms with Gasteiger partial charge in [0.05, 0.1) is 16.4 Å². The molecule has 0 fully saturated rings. The van der Waals surface area contributed by atoms with Gasteiger partial charge in [-0.3, -0.25) is 4.99 Å². The molecule has 0 aliphatic carbocycles. The molecule has 0 saturated carbocycles. The van der Waals surface area contributed by atoms with E-state index in [1.807, 2.05) is 81.4 Å². The molecule has 0 bridgehead atoms. The average molecular weight is 490 g/mol. The number of nitrogens with zero attached hydrogens (tertiary/aromatic N) is 1. The van der Waals surface area contributed by atoms with E-state index in [0.29, 0.717) is 5.71 Å². The van der Waals surface area contributed by atoms with Crippen molar-refractivity contribution in [1.82, 2.24) is 0 Å². The zero-order valence-corrected chi connectivity index (χ0v) is 21.1. The van der Waals surface area contributed by atoms with Crippen molar-refractivity contribution >= 4 is 21.5 Å². The predicted molar refractivity (Wildman–Crippen MR) is 140 cm³/mol. The second-order valence-electron chi connectivity index (χ2n) is 9.06. The Morgan fingerprint density at radius 1 is 0.829 bits per heavy atom. The molecule has 0 spiro atoms. The van der Waals surface area contributed by atoms with E-state index in [1.54, 1.807) is 42.5 Å². The quantitative estimate of drug-likeness (QED) is 0.221. The van der Waals surface area contributed by atoms with E-state index in [-0.39, 0.29) is 17.1 Å². The first-order chi connectivity index (χ1) is 16.7. The van der Waals surface area contributed by atoms with Crippen LogP contribution in [0.5, 0.6) is 0 Å². The van der Waals surface area contributed by atoms with Crippen molar-refractivity contribution in [1.29, 1.82) is 0 Å². The Morgan fingerprint density at radius 2 is 1.31 bits per heavy atom. The third-order valence-electron chi connectivity index (χ3n) is 5.00. The summed E-state index contributed by atoms with van der Waals surface area (Å²) in [6, 6.07) is 26.8. The summed E-state index contributed by atoms with van der Waals surface area (Å²) >= 11 is 0. The zero-order chi connectivity index (χ0) is 25.3. The van der Waals surface area contributed by atoms with Crippen molar-refractivity contribution in [3.8, 4) is 0 Å². The number of carbonyl (C=O) groups excluding carboxylic acids is 1. The Bertz CT molecular complexity index is 1220. The number of rotatable bonds is 9. The van der Waals surface area contributed by atoms with E-state index in [2.05, 4.69) is 0 Å². The lowest BCUT2D eigenvalue weighted by Gasteiger charge is -2.22. The van der Waals surface area contributed by atoms with E-state index >= 15 is 0 Å². The van der Waals surface area contributed by atoms with Crippen LogP contribution in [-0.2, 0) is 19.4 Å². The molecule has 0 aliphatic rings. The number of hydrogen-bond acceptors (Lipinski definition) is 5. The molecule has 3 rings (SSSR count). The number of hydrogen-bond donors (Lipinski definition) is 0. The lowest BCUT2D eigenvalue weighted by molar-refractivity contribution is -0.156. The van der Waals surface area contributed by atoms with Crippen LogP contribution in [0.4, 0.5) is 0 Å². The lowest BCUT2D eigenvalue weighted by atomic mass is 10.0. The fourth-order valence-corrected chi connectivity index (χ4v) is 4.53. The predicted octanol–water partition coefficient (Wildman–Crippen LogP) is 5.65. The van der Waals surface area contributed by atoms with Crippen molar-refractivity contribution in [2.45, 2.75) is 43.7 Å².